The van der Waals surface area contributed by atoms with Crippen LogP contribution >= 0.6 is 12.4 Å². The Kier molecular flexibility index (Phi) is 6.25. The molecule has 0 radical (unpaired) electrons. The second kappa shape index (κ2) is 7.82. The van der Waals surface area contributed by atoms with E-state index in [1.165, 1.54) is 6.92 Å². The van der Waals surface area contributed by atoms with Gasteiger partial charge in [-0.25, -0.2) is 13.1 Å². The molecule has 1 amide bonds. The van der Waals surface area contributed by atoms with Crippen LogP contribution in [0.15, 0.2) is 23.1 Å². The first-order chi connectivity index (χ1) is 11.0. The topological polar surface area (TPSA) is 78.5 Å². The first kappa shape index (κ1) is 19.2. The molecule has 0 aromatic heterocycles. The number of piperidine rings is 1. The lowest BCUT2D eigenvalue weighted by Gasteiger charge is -2.29. The lowest BCUT2D eigenvalue weighted by molar-refractivity contribution is -0.116. The van der Waals surface area contributed by atoms with Crippen molar-refractivity contribution in [1.29, 1.82) is 0 Å². The zero-order valence-electron chi connectivity index (χ0n) is 13.7. The molecule has 1 fully saturated rings. The maximum atomic E-state index is 12.6. The molecule has 0 atom stereocenters. The molecule has 8 heteroatoms. The zero-order chi connectivity index (χ0) is 16.4. The van der Waals surface area contributed by atoms with Crippen LogP contribution in [0.4, 0.5) is 5.69 Å². The highest BCUT2D eigenvalue weighted by Crippen LogP contribution is 2.30. The first-order valence-electron chi connectivity index (χ1n) is 8.11. The van der Waals surface area contributed by atoms with E-state index in [2.05, 4.69) is 10.0 Å². The van der Waals surface area contributed by atoms with Crippen molar-refractivity contribution in [2.24, 2.45) is 0 Å². The predicted molar refractivity (Wildman–Crippen MR) is 96.3 cm³/mol. The standard InChI is InChI=1S/C16H23N3O3S.ClH/c1-12(20)19-10-2-3-13-4-5-15(11-16(13)19)23(21,22)18-14-6-8-17-9-7-14;/h4-5,11,14,17-18H,2-3,6-10H2,1H3;1H. The number of nitrogens with zero attached hydrogens (tertiary/aromatic N) is 1. The van der Waals surface area contributed by atoms with E-state index in [1.54, 1.807) is 17.0 Å². The van der Waals surface area contributed by atoms with E-state index in [4.69, 9.17) is 0 Å². The molecule has 1 aromatic rings. The van der Waals surface area contributed by atoms with Gasteiger partial charge in [-0.2, -0.15) is 0 Å². The summed E-state index contributed by atoms with van der Waals surface area (Å²) in [5.74, 6) is -0.0492. The molecule has 2 N–H and O–H groups in total. The smallest absolute Gasteiger partial charge is 0.240 e. The van der Waals surface area contributed by atoms with Gasteiger partial charge in [0.15, 0.2) is 0 Å². The molecule has 3 rings (SSSR count). The van der Waals surface area contributed by atoms with Crippen molar-refractivity contribution in [3.05, 3.63) is 23.8 Å². The van der Waals surface area contributed by atoms with Gasteiger partial charge in [0.05, 0.1) is 4.90 Å². The molecule has 1 saturated heterocycles. The molecule has 0 unspecified atom stereocenters. The average Bonchev–Trinajstić information content (AvgIpc) is 2.54. The lowest BCUT2D eigenvalue weighted by Crippen LogP contribution is -2.42. The number of carbonyl (C=O) groups is 1. The van der Waals surface area contributed by atoms with Crippen molar-refractivity contribution in [1.82, 2.24) is 10.0 Å². The van der Waals surface area contributed by atoms with Crippen LogP contribution < -0.4 is 14.9 Å². The fraction of sp³-hybridized carbons (Fsp3) is 0.562. The Bertz CT molecular complexity index is 703. The van der Waals surface area contributed by atoms with Crippen molar-refractivity contribution in [2.75, 3.05) is 24.5 Å². The Morgan fingerprint density at radius 1 is 1.29 bits per heavy atom. The van der Waals surface area contributed by atoms with E-state index in [0.29, 0.717) is 6.54 Å². The number of halogens is 1. The number of benzene rings is 1. The van der Waals surface area contributed by atoms with E-state index in [9.17, 15) is 13.2 Å². The maximum Gasteiger partial charge on any atom is 0.240 e. The number of rotatable bonds is 3. The summed E-state index contributed by atoms with van der Waals surface area (Å²) >= 11 is 0. The van der Waals surface area contributed by atoms with Crippen molar-refractivity contribution in [2.45, 2.75) is 43.5 Å². The van der Waals surface area contributed by atoms with Crippen molar-refractivity contribution < 1.29 is 13.2 Å². The van der Waals surface area contributed by atoms with E-state index in [1.807, 2.05) is 6.07 Å². The second-order valence-electron chi connectivity index (χ2n) is 6.21. The number of fused-ring (bicyclic) bond motifs is 1. The summed E-state index contributed by atoms with van der Waals surface area (Å²) in [6.45, 7) is 3.82. The van der Waals surface area contributed by atoms with Gasteiger partial charge in [0, 0.05) is 25.2 Å². The van der Waals surface area contributed by atoms with E-state index in [-0.39, 0.29) is 29.3 Å². The van der Waals surface area contributed by atoms with Crippen molar-refractivity contribution in [3.8, 4) is 0 Å². The van der Waals surface area contributed by atoms with Crippen LogP contribution in [0.25, 0.3) is 0 Å². The molecule has 6 nitrogen and oxygen atoms in total. The number of sulfonamides is 1. The average molecular weight is 374 g/mol. The zero-order valence-corrected chi connectivity index (χ0v) is 15.4. The molecule has 0 saturated carbocycles. The molecule has 24 heavy (non-hydrogen) atoms. The maximum absolute atomic E-state index is 12.6. The summed E-state index contributed by atoms with van der Waals surface area (Å²) in [5, 5.41) is 3.22. The molecule has 1 aromatic carbocycles. The van der Waals surface area contributed by atoms with Crippen LogP contribution in [0, 0.1) is 0 Å². The molecule has 0 bridgehead atoms. The van der Waals surface area contributed by atoms with Gasteiger partial charge in [-0.15, -0.1) is 12.4 Å². The number of aryl methyl sites for hydroxylation is 1. The largest absolute Gasteiger partial charge is 0.317 e. The van der Waals surface area contributed by atoms with Gasteiger partial charge in [0.2, 0.25) is 15.9 Å². The summed E-state index contributed by atoms with van der Waals surface area (Å²) < 4.78 is 28.0. The Hall–Kier alpha value is -1.15. The molecular formula is C16H24ClN3O3S. The Morgan fingerprint density at radius 2 is 2.00 bits per heavy atom. The number of hydrogen-bond donors (Lipinski definition) is 2. The Morgan fingerprint density at radius 3 is 2.67 bits per heavy atom. The van der Waals surface area contributed by atoms with Crippen molar-refractivity contribution in [3.63, 3.8) is 0 Å². The van der Waals surface area contributed by atoms with Crippen LogP contribution in [0.3, 0.4) is 0 Å². The SMILES string of the molecule is CC(=O)N1CCCc2ccc(S(=O)(=O)NC3CCNCC3)cc21.Cl. The van der Waals surface area contributed by atoms with E-state index < -0.39 is 10.0 Å². The third kappa shape index (κ3) is 4.08. The van der Waals surface area contributed by atoms with Crippen LogP contribution in [-0.2, 0) is 21.2 Å². The number of hydrogen-bond acceptors (Lipinski definition) is 4. The van der Waals surface area contributed by atoms with Crippen molar-refractivity contribution >= 4 is 34.0 Å². The van der Waals surface area contributed by atoms with Gasteiger partial charge in [-0.1, -0.05) is 6.07 Å². The van der Waals surface area contributed by atoms with Crippen LogP contribution in [0.1, 0.15) is 31.7 Å². The van der Waals surface area contributed by atoms with Gasteiger partial charge in [0.25, 0.3) is 0 Å². The first-order valence-corrected chi connectivity index (χ1v) is 9.60. The Balaban J connectivity index is 0.00000208. The molecule has 0 spiro atoms. The molecule has 2 heterocycles. The number of carbonyl (C=O) groups excluding carboxylic acids is 1. The molecular weight excluding hydrogens is 350 g/mol. The molecule has 2 aliphatic rings. The molecule has 0 aliphatic carbocycles. The molecule has 2 aliphatic heterocycles. The minimum absolute atomic E-state index is 0. The summed E-state index contributed by atoms with van der Waals surface area (Å²) in [6, 6.07) is 5.09. The predicted octanol–water partition coefficient (Wildman–Crippen LogP) is 1.44. The number of anilines is 1. The summed E-state index contributed by atoms with van der Waals surface area (Å²) in [4.78, 5) is 13.7. The summed E-state index contributed by atoms with van der Waals surface area (Å²) in [5.41, 5.74) is 1.77. The number of nitrogens with one attached hydrogen (secondary N) is 2. The van der Waals surface area contributed by atoms with E-state index in [0.717, 1.165) is 50.0 Å². The normalized spacial score (nSPS) is 18.6. The highest BCUT2D eigenvalue weighted by Gasteiger charge is 2.25. The van der Waals surface area contributed by atoms with Crippen LogP contribution in [0.5, 0.6) is 0 Å². The fourth-order valence-electron chi connectivity index (χ4n) is 3.28. The minimum atomic E-state index is -3.56. The quantitative estimate of drug-likeness (QED) is 0.840. The van der Waals surface area contributed by atoms with Gasteiger partial charge in [0.1, 0.15) is 0 Å². The van der Waals surface area contributed by atoms with Gasteiger partial charge in [-0.05, 0) is 56.5 Å². The highest BCUT2D eigenvalue weighted by molar-refractivity contribution is 7.89. The fourth-order valence-corrected chi connectivity index (χ4v) is 4.60. The molecule has 134 valence electrons. The summed E-state index contributed by atoms with van der Waals surface area (Å²) in [6.07, 6.45) is 3.38. The van der Waals surface area contributed by atoms with Gasteiger partial charge >= 0.3 is 0 Å². The van der Waals surface area contributed by atoms with Gasteiger partial charge < -0.3 is 10.2 Å². The monoisotopic (exact) mass is 373 g/mol. The third-order valence-corrected chi connectivity index (χ3v) is 6.04. The highest BCUT2D eigenvalue weighted by atomic mass is 35.5. The number of amides is 1. The van der Waals surface area contributed by atoms with Gasteiger partial charge in [-0.3, -0.25) is 4.79 Å². The van der Waals surface area contributed by atoms with Crippen LogP contribution in [0.2, 0.25) is 0 Å². The third-order valence-electron chi connectivity index (χ3n) is 4.53. The minimum Gasteiger partial charge on any atom is -0.317 e. The summed E-state index contributed by atoms with van der Waals surface area (Å²) in [7, 11) is -3.56. The Labute approximate surface area is 149 Å². The lowest BCUT2D eigenvalue weighted by atomic mass is 10.0. The second-order valence-corrected chi connectivity index (χ2v) is 7.92. The van der Waals surface area contributed by atoms with E-state index >= 15 is 0 Å². The van der Waals surface area contributed by atoms with Crippen LogP contribution in [-0.4, -0.2) is 40.0 Å².